The van der Waals surface area contributed by atoms with Crippen molar-refractivity contribution in [2.45, 2.75) is 50.5 Å². The van der Waals surface area contributed by atoms with Gasteiger partial charge in [-0.2, -0.15) is 0 Å². The highest BCUT2D eigenvalue weighted by atomic mass is 79.9. The number of carbonyl (C=O) groups is 2. The van der Waals surface area contributed by atoms with Crippen molar-refractivity contribution in [2.75, 3.05) is 0 Å². The van der Waals surface area contributed by atoms with Crippen LogP contribution in [0.15, 0.2) is 28.7 Å². The van der Waals surface area contributed by atoms with Gasteiger partial charge >= 0.3 is 5.97 Å². The molecule has 0 bridgehead atoms. The van der Waals surface area contributed by atoms with E-state index in [1.807, 2.05) is 31.2 Å². The lowest BCUT2D eigenvalue weighted by atomic mass is 9.94. The molecule has 21 heavy (non-hydrogen) atoms. The minimum atomic E-state index is -0.957. The Kier molecular flexibility index (Phi) is 5.04. The number of halogens is 1. The average molecular weight is 354 g/mol. The van der Waals surface area contributed by atoms with E-state index in [0.717, 1.165) is 35.7 Å². The molecule has 0 aromatic heterocycles. The first kappa shape index (κ1) is 16.0. The Hall–Kier alpha value is -1.36. The second kappa shape index (κ2) is 6.60. The van der Waals surface area contributed by atoms with E-state index in [-0.39, 0.29) is 5.91 Å². The highest BCUT2D eigenvalue weighted by molar-refractivity contribution is 9.10. The molecule has 1 amide bonds. The molecule has 2 rings (SSSR count). The van der Waals surface area contributed by atoms with Gasteiger partial charge in [0, 0.05) is 4.47 Å². The quantitative estimate of drug-likeness (QED) is 0.790. The van der Waals surface area contributed by atoms with Crippen LogP contribution in [0.25, 0.3) is 0 Å². The molecule has 0 heterocycles. The Morgan fingerprint density at radius 3 is 2.67 bits per heavy atom. The van der Waals surface area contributed by atoms with Crippen LogP contribution in [0.1, 0.15) is 44.6 Å². The summed E-state index contributed by atoms with van der Waals surface area (Å²) >= 11 is 3.41. The molecule has 2 N–H and O–H groups in total. The van der Waals surface area contributed by atoms with E-state index in [1.165, 1.54) is 0 Å². The van der Waals surface area contributed by atoms with Gasteiger partial charge in [0.15, 0.2) is 0 Å². The summed E-state index contributed by atoms with van der Waals surface area (Å²) in [6, 6.07) is 6.90. The molecule has 1 aromatic carbocycles. The number of carboxylic acid groups (broad SMARTS) is 1. The highest BCUT2D eigenvalue weighted by Gasteiger charge is 2.51. The fraction of sp³-hybridized carbons (Fsp3) is 0.500. The number of unbranched alkanes of at least 4 members (excludes halogenated alkanes) is 1. The maximum absolute atomic E-state index is 12.5. The van der Waals surface area contributed by atoms with Crippen molar-refractivity contribution >= 4 is 27.8 Å². The Morgan fingerprint density at radius 2 is 2.14 bits per heavy atom. The predicted octanol–water partition coefficient (Wildman–Crippen LogP) is 3.24. The summed E-state index contributed by atoms with van der Waals surface area (Å²) in [7, 11) is 0. The normalized spacial score (nSPS) is 17.0. The molecule has 1 fully saturated rings. The van der Waals surface area contributed by atoms with Crippen LogP contribution >= 0.6 is 15.9 Å². The molecule has 4 nitrogen and oxygen atoms in total. The van der Waals surface area contributed by atoms with Crippen molar-refractivity contribution in [3.05, 3.63) is 34.3 Å². The molecule has 1 aliphatic rings. The highest BCUT2D eigenvalue weighted by Crippen LogP contribution is 2.49. The number of carbonyl (C=O) groups excluding carboxylic acids is 1. The molecule has 0 radical (unpaired) electrons. The molecule has 1 aromatic rings. The lowest BCUT2D eigenvalue weighted by molar-refractivity contribution is -0.142. The lowest BCUT2D eigenvalue weighted by Crippen LogP contribution is -2.45. The summed E-state index contributed by atoms with van der Waals surface area (Å²) in [4.78, 5) is 23.8. The van der Waals surface area contributed by atoms with Crippen molar-refractivity contribution in [3.63, 3.8) is 0 Å². The summed E-state index contributed by atoms with van der Waals surface area (Å²) in [5, 5.41) is 11.9. The van der Waals surface area contributed by atoms with Crippen LogP contribution in [0.4, 0.5) is 0 Å². The van der Waals surface area contributed by atoms with Crippen LogP contribution in [0, 0.1) is 0 Å². The van der Waals surface area contributed by atoms with Crippen molar-refractivity contribution in [1.29, 1.82) is 0 Å². The Morgan fingerprint density at radius 1 is 1.43 bits per heavy atom. The van der Waals surface area contributed by atoms with Gasteiger partial charge in [-0.15, -0.1) is 0 Å². The minimum Gasteiger partial charge on any atom is -0.480 e. The zero-order chi connectivity index (χ0) is 15.5. The van der Waals surface area contributed by atoms with Gasteiger partial charge in [0.1, 0.15) is 6.04 Å². The fourth-order valence-electron chi connectivity index (χ4n) is 2.52. The summed E-state index contributed by atoms with van der Waals surface area (Å²) in [6.07, 6.45) is 3.73. The second-order valence-corrected chi connectivity index (χ2v) is 6.51. The van der Waals surface area contributed by atoms with Gasteiger partial charge < -0.3 is 10.4 Å². The average Bonchev–Trinajstić information content (AvgIpc) is 3.24. The van der Waals surface area contributed by atoms with Gasteiger partial charge in [-0.3, -0.25) is 4.79 Å². The van der Waals surface area contributed by atoms with Crippen LogP contribution in [0.3, 0.4) is 0 Å². The molecule has 1 atom stereocenters. The first-order valence-corrected chi connectivity index (χ1v) is 8.09. The topological polar surface area (TPSA) is 66.4 Å². The first-order valence-electron chi connectivity index (χ1n) is 7.29. The van der Waals surface area contributed by atoms with Gasteiger partial charge in [-0.25, -0.2) is 4.79 Å². The number of rotatable bonds is 7. The smallest absolute Gasteiger partial charge is 0.326 e. The molecule has 1 aliphatic carbocycles. The molecule has 0 unspecified atom stereocenters. The van der Waals surface area contributed by atoms with E-state index in [2.05, 4.69) is 21.2 Å². The third-order valence-electron chi connectivity index (χ3n) is 4.01. The van der Waals surface area contributed by atoms with E-state index in [1.54, 1.807) is 0 Å². The molecule has 0 spiro atoms. The summed E-state index contributed by atoms with van der Waals surface area (Å²) in [5.41, 5.74) is 0.415. The number of benzene rings is 1. The Labute approximate surface area is 133 Å². The largest absolute Gasteiger partial charge is 0.480 e. The number of carboxylic acids is 1. The third kappa shape index (κ3) is 3.64. The van der Waals surface area contributed by atoms with E-state index in [0.29, 0.717) is 6.42 Å². The third-order valence-corrected chi connectivity index (χ3v) is 4.50. The van der Waals surface area contributed by atoms with Crippen molar-refractivity contribution in [2.24, 2.45) is 0 Å². The van der Waals surface area contributed by atoms with Crippen molar-refractivity contribution in [3.8, 4) is 0 Å². The van der Waals surface area contributed by atoms with E-state index < -0.39 is 17.4 Å². The van der Waals surface area contributed by atoms with E-state index in [4.69, 9.17) is 0 Å². The number of aliphatic carboxylic acids is 1. The maximum atomic E-state index is 12.5. The molecule has 5 heteroatoms. The van der Waals surface area contributed by atoms with Crippen molar-refractivity contribution < 1.29 is 14.7 Å². The van der Waals surface area contributed by atoms with Crippen LogP contribution in [0.2, 0.25) is 0 Å². The lowest BCUT2D eigenvalue weighted by Gasteiger charge is -2.20. The molecule has 114 valence electrons. The van der Waals surface area contributed by atoms with Crippen LogP contribution in [-0.2, 0) is 15.0 Å². The monoisotopic (exact) mass is 353 g/mol. The first-order chi connectivity index (χ1) is 9.99. The second-order valence-electron chi connectivity index (χ2n) is 5.60. The molecule has 0 aliphatic heterocycles. The minimum absolute atomic E-state index is 0.163. The van der Waals surface area contributed by atoms with Crippen molar-refractivity contribution in [1.82, 2.24) is 5.32 Å². The Balaban J connectivity index is 2.10. The van der Waals surface area contributed by atoms with Crippen LogP contribution < -0.4 is 5.32 Å². The van der Waals surface area contributed by atoms with Crippen LogP contribution in [0.5, 0.6) is 0 Å². The summed E-state index contributed by atoms with van der Waals surface area (Å²) in [5.74, 6) is -1.12. The zero-order valence-corrected chi connectivity index (χ0v) is 13.6. The molecular weight excluding hydrogens is 334 g/mol. The van der Waals surface area contributed by atoms with Gasteiger partial charge in [0.2, 0.25) is 5.91 Å². The molecular formula is C16H20BrNO3. The molecule has 1 saturated carbocycles. The van der Waals surface area contributed by atoms with E-state index >= 15 is 0 Å². The number of nitrogens with one attached hydrogen (secondary N) is 1. The molecule has 0 saturated heterocycles. The number of amides is 1. The SMILES string of the molecule is CCCC[C@H](NC(=O)C1(c2cccc(Br)c2)CC1)C(=O)O. The van der Waals surface area contributed by atoms with Crippen LogP contribution in [-0.4, -0.2) is 23.0 Å². The fourth-order valence-corrected chi connectivity index (χ4v) is 2.92. The number of hydrogen-bond acceptors (Lipinski definition) is 2. The Bertz CT molecular complexity index is 540. The summed E-state index contributed by atoms with van der Waals surface area (Å²) < 4.78 is 0.930. The van der Waals surface area contributed by atoms with Gasteiger partial charge in [-0.05, 0) is 37.0 Å². The zero-order valence-electron chi connectivity index (χ0n) is 12.1. The standard InChI is InChI=1S/C16H20BrNO3/c1-2-3-7-13(14(19)20)18-15(21)16(8-9-16)11-5-4-6-12(17)10-11/h4-6,10,13H,2-3,7-9H2,1H3,(H,18,21)(H,19,20)/t13-/m0/s1. The maximum Gasteiger partial charge on any atom is 0.326 e. The van der Waals surface area contributed by atoms with E-state index in [9.17, 15) is 14.7 Å². The predicted molar refractivity (Wildman–Crippen MR) is 84.1 cm³/mol. The van der Waals surface area contributed by atoms with Gasteiger partial charge in [-0.1, -0.05) is 47.8 Å². The van der Waals surface area contributed by atoms with Gasteiger partial charge in [0.05, 0.1) is 5.41 Å². The number of hydrogen-bond donors (Lipinski definition) is 2. The van der Waals surface area contributed by atoms with Gasteiger partial charge in [0.25, 0.3) is 0 Å². The summed E-state index contributed by atoms with van der Waals surface area (Å²) in [6.45, 7) is 2.00.